The van der Waals surface area contributed by atoms with Gasteiger partial charge in [-0.15, -0.1) is 0 Å². The van der Waals surface area contributed by atoms with Crippen LogP contribution in [0.1, 0.15) is 58.8 Å². The molecular weight excluding hydrogens is 186 g/mol. The normalized spacial score (nSPS) is 12.5. The van der Waals surface area contributed by atoms with Crippen molar-refractivity contribution in [1.29, 1.82) is 0 Å². The van der Waals surface area contributed by atoms with Gasteiger partial charge in [-0.25, -0.2) is 0 Å². The Balaban J connectivity index is 3.39. The highest BCUT2D eigenvalue weighted by Crippen LogP contribution is 2.13. The van der Waals surface area contributed by atoms with Gasteiger partial charge in [0.05, 0.1) is 0 Å². The van der Waals surface area contributed by atoms with Gasteiger partial charge < -0.3 is 4.90 Å². The minimum atomic E-state index is 0.200. The summed E-state index contributed by atoms with van der Waals surface area (Å²) in [7, 11) is 3.67. The van der Waals surface area contributed by atoms with Crippen molar-refractivity contribution < 1.29 is 4.79 Å². The minimum absolute atomic E-state index is 0.200. The van der Waals surface area contributed by atoms with Crippen LogP contribution in [0.4, 0.5) is 0 Å². The van der Waals surface area contributed by atoms with Crippen LogP contribution in [0, 0.1) is 5.92 Å². The van der Waals surface area contributed by atoms with Crippen molar-refractivity contribution in [2.75, 3.05) is 14.1 Å². The van der Waals surface area contributed by atoms with E-state index < -0.39 is 0 Å². The summed E-state index contributed by atoms with van der Waals surface area (Å²) in [5, 5.41) is 0. The summed E-state index contributed by atoms with van der Waals surface area (Å²) in [4.78, 5) is 13.2. The molecule has 0 rings (SSSR count). The average molecular weight is 213 g/mol. The Morgan fingerprint density at radius 1 is 1.07 bits per heavy atom. The first-order valence-corrected chi connectivity index (χ1v) is 6.30. The fourth-order valence-corrected chi connectivity index (χ4v) is 1.80. The minimum Gasteiger partial charge on any atom is -0.349 e. The average Bonchev–Trinajstić information content (AvgIpc) is 2.21. The lowest BCUT2D eigenvalue weighted by Crippen LogP contribution is -2.27. The third-order valence-electron chi connectivity index (χ3n) is 2.85. The van der Waals surface area contributed by atoms with E-state index in [0.29, 0.717) is 0 Å². The monoisotopic (exact) mass is 213 g/mol. The maximum Gasteiger partial charge on any atom is 0.224 e. The highest BCUT2D eigenvalue weighted by molar-refractivity contribution is 5.77. The first kappa shape index (κ1) is 14.5. The van der Waals surface area contributed by atoms with Gasteiger partial charge in [0, 0.05) is 20.0 Å². The third-order valence-corrected chi connectivity index (χ3v) is 2.85. The van der Waals surface area contributed by atoms with Gasteiger partial charge in [0.15, 0.2) is 0 Å². The number of hydrogen-bond acceptors (Lipinski definition) is 1. The highest BCUT2D eigenvalue weighted by Gasteiger charge is 2.13. The zero-order valence-corrected chi connectivity index (χ0v) is 10.9. The van der Waals surface area contributed by atoms with E-state index in [-0.39, 0.29) is 11.8 Å². The Hall–Kier alpha value is -0.530. The second-order valence-electron chi connectivity index (χ2n) is 4.69. The highest BCUT2D eigenvalue weighted by atomic mass is 16.2. The van der Waals surface area contributed by atoms with Gasteiger partial charge in [-0.1, -0.05) is 52.4 Å². The summed E-state index contributed by atoms with van der Waals surface area (Å²) >= 11 is 0. The van der Waals surface area contributed by atoms with Crippen molar-refractivity contribution in [2.24, 2.45) is 5.92 Å². The summed E-state index contributed by atoms with van der Waals surface area (Å²) in [5.41, 5.74) is 0. The summed E-state index contributed by atoms with van der Waals surface area (Å²) < 4.78 is 0. The second kappa shape index (κ2) is 8.75. The van der Waals surface area contributed by atoms with Gasteiger partial charge in [0.1, 0.15) is 0 Å². The lowest BCUT2D eigenvalue weighted by atomic mass is 10.0. The van der Waals surface area contributed by atoms with Crippen molar-refractivity contribution in [3.05, 3.63) is 0 Å². The molecule has 15 heavy (non-hydrogen) atoms. The molecule has 0 spiro atoms. The predicted molar refractivity (Wildman–Crippen MR) is 65.9 cm³/mol. The van der Waals surface area contributed by atoms with Crippen LogP contribution in [0.15, 0.2) is 0 Å². The van der Waals surface area contributed by atoms with Crippen LogP contribution >= 0.6 is 0 Å². The Morgan fingerprint density at radius 2 is 1.60 bits per heavy atom. The number of nitrogens with zero attached hydrogens (tertiary/aromatic N) is 1. The molecule has 0 saturated carbocycles. The van der Waals surface area contributed by atoms with E-state index in [4.69, 9.17) is 0 Å². The summed E-state index contributed by atoms with van der Waals surface area (Å²) in [6.45, 7) is 4.27. The lowest BCUT2D eigenvalue weighted by molar-refractivity contribution is -0.132. The van der Waals surface area contributed by atoms with E-state index in [9.17, 15) is 4.79 Å². The van der Waals surface area contributed by atoms with Crippen LogP contribution in [-0.4, -0.2) is 24.9 Å². The molecule has 0 bridgehead atoms. The number of rotatable bonds is 8. The van der Waals surface area contributed by atoms with Gasteiger partial charge in [0.2, 0.25) is 5.91 Å². The quantitative estimate of drug-likeness (QED) is 0.565. The molecule has 0 aliphatic heterocycles. The number of amides is 1. The van der Waals surface area contributed by atoms with Crippen LogP contribution < -0.4 is 0 Å². The molecule has 0 N–H and O–H groups in total. The number of carbonyl (C=O) groups is 1. The Kier molecular flexibility index (Phi) is 8.44. The molecule has 2 nitrogen and oxygen atoms in total. The summed E-state index contributed by atoms with van der Waals surface area (Å²) in [6.07, 6.45) is 8.86. The van der Waals surface area contributed by atoms with E-state index in [1.807, 2.05) is 21.0 Å². The predicted octanol–water partition coefficient (Wildman–Crippen LogP) is 3.46. The maximum absolute atomic E-state index is 11.5. The number of hydrogen-bond donors (Lipinski definition) is 0. The topological polar surface area (TPSA) is 20.3 Å². The number of carbonyl (C=O) groups excluding carboxylic acids is 1. The zero-order valence-electron chi connectivity index (χ0n) is 10.9. The largest absolute Gasteiger partial charge is 0.349 e. The molecule has 0 aliphatic carbocycles. The molecule has 0 aromatic heterocycles. The maximum atomic E-state index is 11.5. The Bertz CT molecular complexity index is 166. The SMILES string of the molecule is CCCCCCCCC(C)C(=O)N(C)C. The van der Waals surface area contributed by atoms with Gasteiger partial charge in [-0.3, -0.25) is 4.79 Å². The first-order chi connectivity index (χ1) is 7.09. The summed E-state index contributed by atoms with van der Waals surface area (Å²) in [6, 6.07) is 0. The van der Waals surface area contributed by atoms with E-state index in [0.717, 1.165) is 6.42 Å². The zero-order chi connectivity index (χ0) is 11.7. The van der Waals surface area contributed by atoms with Crippen LogP contribution in [0.25, 0.3) is 0 Å². The molecule has 1 atom stereocenters. The standard InChI is InChI=1S/C13H27NO/c1-5-6-7-8-9-10-11-12(2)13(15)14(3)4/h12H,5-11H2,1-4H3. The molecule has 90 valence electrons. The molecule has 0 saturated heterocycles. The third kappa shape index (κ3) is 7.40. The van der Waals surface area contributed by atoms with Crippen molar-refractivity contribution >= 4 is 5.91 Å². The van der Waals surface area contributed by atoms with Crippen molar-refractivity contribution in [3.8, 4) is 0 Å². The van der Waals surface area contributed by atoms with Gasteiger partial charge in [0.25, 0.3) is 0 Å². The van der Waals surface area contributed by atoms with Gasteiger partial charge in [-0.05, 0) is 6.42 Å². The van der Waals surface area contributed by atoms with E-state index >= 15 is 0 Å². The van der Waals surface area contributed by atoms with E-state index in [1.54, 1.807) is 4.90 Å². The van der Waals surface area contributed by atoms with Crippen molar-refractivity contribution in [3.63, 3.8) is 0 Å². The second-order valence-corrected chi connectivity index (χ2v) is 4.69. The molecule has 0 radical (unpaired) electrons. The molecule has 0 aromatic rings. The molecular formula is C13H27NO. The Morgan fingerprint density at radius 3 is 2.13 bits per heavy atom. The molecule has 0 fully saturated rings. The summed E-state index contributed by atoms with van der Waals surface area (Å²) in [5.74, 6) is 0.467. The van der Waals surface area contributed by atoms with Crippen molar-refractivity contribution in [1.82, 2.24) is 4.90 Å². The Labute approximate surface area is 95.0 Å². The fourth-order valence-electron chi connectivity index (χ4n) is 1.80. The van der Waals surface area contributed by atoms with Crippen LogP contribution in [-0.2, 0) is 4.79 Å². The van der Waals surface area contributed by atoms with Crippen LogP contribution in [0.5, 0.6) is 0 Å². The number of unbranched alkanes of at least 4 members (excludes halogenated alkanes) is 5. The van der Waals surface area contributed by atoms with Crippen LogP contribution in [0.3, 0.4) is 0 Å². The van der Waals surface area contributed by atoms with Gasteiger partial charge >= 0.3 is 0 Å². The smallest absolute Gasteiger partial charge is 0.224 e. The molecule has 1 amide bonds. The molecule has 0 aliphatic rings. The molecule has 1 unspecified atom stereocenters. The first-order valence-electron chi connectivity index (χ1n) is 6.30. The molecule has 0 aromatic carbocycles. The van der Waals surface area contributed by atoms with Gasteiger partial charge in [-0.2, -0.15) is 0 Å². The lowest BCUT2D eigenvalue weighted by Gasteiger charge is -2.16. The molecule has 0 heterocycles. The van der Waals surface area contributed by atoms with E-state index in [1.165, 1.54) is 38.5 Å². The van der Waals surface area contributed by atoms with Crippen LogP contribution in [0.2, 0.25) is 0 Å². The van der Waals surface area contributed by atoms with Crippen molar-refractivity contribution in [2.45, 2.75) is 58.8 Å². The fraction of sp³-hybridized carbons (Fsp3) is 0.923. The van der Waals surface area contributed by atoms with E-state index in [2.05, 4.69) is 6.92 Å². The molecule has 2 heteroatoms.